The van der Waals surface area contributed by atoms with Crippen molar-refractivity contribution in [2.24, 2.45) is 5.92 Å². The van der Waals surface area contributed by atoms with Crippen LogP contribution in [0.2, 0.25) is 0 Å². The van der Waals surface area contributed by atoms with Crippen molar-refractivity contribution >= 4 is 11.5 Å². The molecular formula is C21H29FN4O. The molecule has 3 rings (SSSR count). The highest BCUT2D eigenvalue weighted by atomic mass is 19.1. The largest absolute Gasteiger partial charge is 0.383 e. The van der Waals surface area contributed by atoms with E-state index in [2.05, 4.69) is 32.2 Å². The molecule has 146 valence electrons. The number of hydrogen-bond acceptors (Lipinski definition) is 5. The number of benzene rings is 1. The monoisotopic (exact) mass is 372 g/mol. The fourth-order valence-electron chi connectivity index (χ4n) is 3.40. The highest BCUT2D eigenvalue weighted by Gasteiger charge is 2.22. The van der Waals surface area contributed by atoms with Gasteiger partial charge < -0.3 is 19.9 Å². The number of halogens is 1. The van der Waals surface area contributed by atoms with Gasteiger partial charge in [0.25, 0.3) is 0 Å². The Balaban J connectivity index is 1.40. The summed E-state index contributed by atoms with van der Waals surface area (Å²) in [5.74, 6) is 1.39. The normalized spacial score (nSPS) is 16.7. The molecule has 0 radical (unpaired) electrons. The summed E-state index contributed by atoms with van der Waals surface area (Å²) in [4.78, 5) is 8.95. The Kier molecular flexibility index (Phi) is 7.01. The molecule has 1 N–H and O–H groups in total. The summed E-state index contributed by atoms with van der Waals surface area (Å²) < 4.78 is 18.2. The Labute approximate surface area is 161 Å². The van der Waals surface area contributed by atoms with Gasteiger partial charge >= 0.3 is 0 Å². The zero-order valence-corrected chi connectivity index (χ0v) is 16.2. The summed E-state index contributed by atoms with van der Waals surface area (Å²) in [6, 6.07) is 11.0. The van der Waals surface area contributed by atoms with Crippen LogP contribution in [0.3, 0.4) is 0 Å². The standard InChI is InChI=1S/C21H29FN4O/c1-25(11-12-27-2)21-8-3-17(15-24-21)13-23-14-18-9-10-26(16-18)20-6-4-19(22)5-7-20/h3-8,15,18,23H,9-14,16H2,1-2H3. The second kappa shape index (κ2) is 9.67. The van der Waals surface area contributed by atoms with Gasteiger partial charge in [-0.25, -0.2) is 9.37 Å². The van der Waals surface area contributed by atoms with Gasteiger partial charge in [0.05, 0.1) is 6.61 Å². The quantitative estimate of drug-likeness (QED) is 0.733. The third-order valence-corrected chi connectivity index (χ3v) is 5.07. The average molecular weight is 372 g/mol. The van der Waals surface area contributed by atoms with Crippen LogP contribution < -0.4 is 15.1 Å². The molecule has 1 aromatic heterocycles. The number of anilines is 2. The predicted octanol–water partition coefficient (Wildman–Crippen LogP) is 2.92. The molecule has 1 aromatic carbocycles. The van der Waals surface area contributed by atoms with Crippen molar-refractivity contribution in [3.63, 3.8) is 0 Å². The molecular weight excluding hydrogens is 343 g/mol. The fourth-order valence-corrected chi connectivity index (χ4v) is 3.40. The number of pyridine rings is 1. The van der Waals surface area contributed by atoms with E-state index in [0.717, 1.165) is 50.6 Å². The summed E-state index contributed by atoms with van der Waals surface area (Å²) >= 11 is 0. The molecule has 1 aliphatic heterocycles. The summed E-state index contributed by atoms with van der Waals surface area (Å²) in [7, 11) is 3.73. The minimum Gasteiger partial charge on any atom is -0.383 e. The van der Waals surface area contributed by atoms with Crippen LogP contribution in [0, 0.1) is 11.7 Å². The second-order valence-electron chi connectivity index (χ2n) is 7.15. The minimum atomic E-state index is -0.180. The molecule has 27 heavy (non-hydrogen) atoms. The molecule has 1 fully saturated rings. The maximum absolute atomic E-state index is 13.1. The van der Waals surface area contributed by atoms with Gasteiger partial charge in [0.1, 0.15) is 11.6 Å². The molecule has 0 amide bonds. The van der Waals surface area contributed by atoms with Crippen LogP contribution in [0.15, 0.2) is 42.6 Å². The van der Waals surface area contributed by atoms with Crippen molar-refractivity contribution in [1.29, 1.82) is 0 Å². The topological polar surface area (TPSA) is 40.6 Å². The maximum Gasteiger partial charge on any atom is 0.128 e. The van der Waals surface area contributed by atoms with E-state index in [4.69, 9.17) is 4.74 Å². The molecule has 1 aliphatic rings. The Morgan fingerprint density at radius 2 is 2.07 bits per heavy atom. The van der Waals surface area contributed by atoms with Crippen LogP contribution in [-0.2, 0) is 11.3 Å². The Morgan fingerprint density at radius 3 is 2.78 bits per heavy atom. The lowest BCUT2D eigenvalue weighted by Gasteiger charge is -2.19. The van der Waals surface area contributed by atoms with E-state index >= 15 is 0 Å². The van der Waals surface area contributed by atoms with Gasteiger partial charge in [-0.15, -0.1) is 0 Å². The summed E-state index contributed by atoms with van der Waals surface area (Å²) in [6.45, 7) is 5.36. The van der Waals surface area contributed by atoms with Crippen molar-refractivity contribution in [3.8, 4) is 0 Å². The lowest BCUT2D eigenvalue weighted by atomic mass is 10.1. The average Bonchev–Trinajstić information content (AvgIpc) is 3.16. The molecule has 0 saturated carbocycles. The number of hydrogen-bond donors (Lipinski definition) is 1. The highest BCUT2D eigenvalue weighted by molar-refractivity contribution is 5.47. The van der Waals surface area contributed by atoms with Gasteiger partial charge in [-0.05, 0) is 48.2 Å². The van der Waals surface area contributed by atoms with Crippen molar-refractivity contribution in [1.82, 2.24) is 10.3 Å². The SMILES string of the molecule is COCCN(C)c1ccc(CNCC2CCN(c3ccc(F)cc3)C2)cn1. The second-order valence-corrected chi connectivity index (χ2v) is 7.15. The first-order valence-electron chi connectivity index (χ1n) is 9.52. The number of nitrogens with zero attached hydrogens (tertiary/aromatic N) is 3. The predicted molar refractivity (Wildman–Crippen MR) is 108 cm³/mol. The molecule has 5 nitrogen and oxygen atoms in total. The number of aromatic nitrogens is 1. The van der Waals surface area contributed by atoms with E-state index in [-0.39, 0.29) is 5.82 Å². The van der Waals surface area contributed by atoms with Crippen LogP contribution in [-0.4, -0.2) is 51.9 Å². The zero-order chi connectivity index (χ0) is 19.1. The lowest BCUT2D eigenvalue weighted by Crippen LogP contribution is -2.26. The van der Waals surface area contributed by atoms with Crippen molar-refractivity contribution in [2.45, 2.75) is 13.0 Å². The van der Waals surface area contributed by atoms with Gasteiger partial charge in [0.2, 0.25) is 0 Å². The van der Waals surface area contributed by atoms with E-state index in [9.17, 15) is 4.39 Å². The molecule has 0 aliphatic carbocycles. The maximum atomic E-state index is 13.1. The van der Waals surface area contributed by atoms with Crippen molar-refractivity contribution < 1.29 is 9.13 Å². The number of likely N-dealkylation sites (N-methyl/N-ethyl adjacent to an activating group) is 1. The summed E-state index contributed by atoms with van der Waals surface area (Å²) in [5, 5.41) is 3.55. The first kappa shape index (κ1) is 19.6. The van der Waals surface area contributed by atoms with E-state index in [1.165, 1.54) is 17.7 Å². The number of rotatable bonds is 9. The fraction of sp³-hybridized carbons (Fsp3) is 0.476. The third kappa shape index (κ3) is 5.65. The van der Waals surface area contributed by atoms with Crippen LogP contribution in [0.25, 0.3) is 0 Å². The molecule has 6 heteroatoms. The summed E-state index contributed by atoms with van der Waals surface area (Å²) in [6.07, 6.45) is 3.09. The first-order valence-corrected chi connectivity index (χ1v) is 9.52. The van der Waals surface area contributed by atoms with Crippen molar-refractivity contribution in [3.05, 3.63) is 54.0 Å². The molecule has 0 spiro atoms. The van der Waals surface area contributed by atoms with Crippen LogP contribution >= 0.6 is 0 Å². The molecule has 2 aromatic rings. The van der Waals surface area contributed by atoms with Gasteiger partial charge in [0.15, 0.2) is 0 Å². The van der Waals surface area contributed by atoms with Crippen LogP contribution in [0.1, 0.15) is 12.0 Å². The van der Waals surface area contributed by atoms with Gasteiger partial charge in [0, 0.05) is 58.8 Å². The number of ether oxygens (including phenoxy) is 1. The zero-order valence-electron chi connectivity index (χ0n) is 16.2. The van der Waals surface area contributed by atoms with Crippen molar-refractivity contribution in [2.75, 3.05) is 56.7 Å². The van der Waals surface area contributed by atoms with Gasteiger partial charge in [-0.2, -0.15) is 0 Å². The Hall–Kier alpha value is -2.18. The number of nitrogens with one attached hydrogen (secondary N) is 1. The van der Waals surface area contributed by atoms with Gasteiger partial charge in [-0.3, -0.25) is 0 Å². The smallest absolute Gasteiger partial charge is 0.128 e. The van der Waals surface area contributed by atoms with E-state index in [1.807, 2.05) is 25.4 Å². The highest BCUT2D eigenvalue weighted by Crippen LogP contribution is 2.23. The van der Waals surface area contributed by atoms with Crippen LogP contribution in [0.5, 0.6) is 0 Å². The Morgan fingerprint density at radius 1 is 1.26 bits per heavy atom. The lowest BCUT2D eigenvalue weighted by molar-refractivity contribution is 0.206. The molecule has 1 saturated heterocycles. The van der Waals surface area contributed by atoms with E-state index < -0.39 is 0 Å². The van der Waals surface area contributed by atoms with Crippen LogP contribution in [0.4, 0.5) is 15.9 Å². The number of methoxy groups -OCH3 is 1. The first-order chi connectivity index (χ1) is 13.2. The third-order valence-electron chi connectivity index (χ3n) is 5.07. The molecule has 1 unspecified atom stereocenters. The Bertz CT molecular complexity index is 692. The van der Waals surface area contributed by atoms with E-state index in [1.54, 1.807) is 7.11 Å². The molecule has 2 heterocycles. The van der Waals surface area contributed by atoms with E-state index in [0.29, 0.717) is 12.5 Å². The summed E-state index contributed by atoms with van der Waals surface area (Å²) in [5.41, 5.74) is 2.29. The molecule has 0 bridgehead atoms. The molecule has 1 atom stereocenters. The minimum absolute atomic E-state index is 0.180. The van der Waals surface area contributed by atoms with Gasteiger partial charge in [-0.1, -0.05) is 6.07 Å².